The largest absolute Gasteiger partial charge is 0.316 e. The minimum Gasteiger partial charge on any atom is -0.316 e. The molecule has 9 nitrogen and oxygen atoms in total. The number of nitro benzene ring substituents is 1. The van der Waals surface area contributed by atoms with E-state index in [0.717, 1.165) is 11.9 Å². The highest BCUT2D eigenvalue weighted by Crippen LogP contribution is 2.21. The van der Waals surface area contributed by atoms with E-state index in [1.54, 1.807) is 6.07 Å². The van der Waals surface area contributed by atoms with Crippen LogP contribution in [0.15, 0.2) is 58.4 Å². The number of sulfonamides is 1. The molecule has 2 N–H and O–H groups in total. The van der Waals surface area contributed by atoms with E-state index in [1.165, 1.54) is 59.9 Å². The Morgan fingerprint density at radius 3 is 2.57 bits per heavy atom. The summed E-state index contributed by atoms with van der Waals surface area (Å²) in [5.74, 6) is -0.503. The molecule has 0 aliphatic rings. The van der Waals surface area contributed by atoms with Crippen LogP contribution in [0, 0.1) is 10.1 Å². The molecule has 0 aliphatic heterocycles. The molecule has 3 aromatic rings. The quantitative estimate of drug-likeness (QED) is 0.352. The van der Waals surface area contributed by atoms with E-state index < -0.39 is 20.9 Å². The fraction of sp³-hybridized carbons (Fsp3) is 0.158. The van der Waals surface area contributed by atoms with Gasteiger partial charge in [0.15, 0.2) is 4.80 Å². The van der Waals surface area contributed by atoms with Crippen molar-refractivity contribution in [3.63, 3.8) is 0 Å². The van der Waals surface area contributed by atoms with Crippen LogP contribution in [0.1, 0.15) is 18.9 Å². The number of primary sulfonamides is 1. The average molecular weight is 447 g/mol. The Morgan fingerprint density at radius 1 is 1.27 bits per heavy atom. The Kier molecular flexibility index (Phi) is 6.25. The highest BCUT2D eigenvalue weighted by molar-refractivity contribution is 7.89. The van der Waals surface area contributed by atoms with E-state index in [4.69, 9.17) is 5.14 Å². The van der Waals surface area contributed by atoms with Crippen molar-refractivity contribution in [3.05, 3.63) is 69.0 Å². The van der Waals surface area contributed by atoms with Crippen LogP contribution in [0.3, 0.4) is 0 Å². The highest BCUT2D eigenvalue weighted by Gasteiger charge is 2.12. The van der Waals surface area contributed by atoms with Gasteiger partial charge in [-0.3, -0.25) is 14.9 Å². The zero-order valence-electron chi connectivity index (χ0n) is 15.9. The molecule has 1 aromatic heterocycles. The molecule has 0 unspecified atom stereocenters. The number of aromatic nitrogens is 1. The molecule has 1 amide bonds. The maximum Gasteiger partial charge on any atom is 0.272 e. The Bertz CT molecular complexity index is 1320. The fourth-order valence-electron chi connectivity index (χ4n) is 2.76. The average Bonchev–Trinajstić information content (AvgIpc) is 3.02. The highest BCUT2D eigenvalue weighted by atomic mass is 32.2. The molecular formula is C19H18N4O5S2. The molecule has 30 heavy (non-hydrogen) atoms. The summed E-state index contributed by atoms with van der Waals surface area (Å²) in [6.45, 7) is 2.59. The van der Waals surface area contributed by atoms with Crippen LogP contribution in [-0.4, -0.2) is 23.8 Å². The lowest BCUT2D eigenvalue weighted by Gasteiger charge is -2.03. The minimum absolute atomic E-state index is 0.00385. The zero-order valence-corrected chi connectivity index (χ0v) is 17.5. The monoisotopic (exact) mass is 446 g/mol. The van der Waals surface area contributed by atoms with Crippen molar-refractivity contribution in [1.29, 1.82) is 0 Å². The van der Waals surface area contributed by atoms with Crippen LogP contribution in [-0.2, 0) is 21.4 Å². The maximum absolute atomic E-state index is 12.3. The van der Waals surface area contributed by atoms with Gasteiger partial charge in [0, 0.05) is 24.8 Å². The first kappa shape index (κ1) is 21.6. The van der Waals surface area contributed by atoms with Gasteiger partial charge in [-0.05, 0) is 48.4 Å². The summed E-state index contributed by atoms with van der Waals surface area (Å²) in [7, 11) is -3.83. The second-order valence-corrected chi connectivity index (χ2v) is 8.91. The number of thiazole rings is 1. The van der Waals surface area contributed by atoms with Gasteiger partial charge in [0.05, 0.1) is 20.0 Å². The van der Waals surface area contributed by atoms with Gasteiger partial charge in [0.2, 0.25) is 10.0 Å². The van der Waals surface area contributed by atoms with Gasteiger partial charge in [-0.15, -0.1) is 0 Å². The van der Waals surface area contributed by atoms with Crippen LogP contribution in [0.25, 0.3) is 16.3 Å². The lowest BCUT2D eigenvalue weighted by molar-refractivity contribution is -0.384. The fourth-order valence-corrected chi connectivity index (χ4v) is 4.48. The summed E-state index contributed by atoms with van der Waals surface area (Å²) in [6, 6.07) is 10.3. The molecule has 0 spiro atoms. The molecule has 1 heterocycles. The Hall–Kier alpha value is -3.15. The molecule has 0 saturated heterocycles. The number of rotatable bonds is 6. The second kappa shape index (κ2) is 8.69. The predicted molar refractivity (Wildman–Crippen MR) is 114 cm³/mol. The Labute approximate surface area is 176 Å². The number of carbonyl (C=O) groups is 1. The first-order chi connectivity index (χ1) is 14.2. The van der Waals surface area contributed by atoms with Crippen LogP contribution in [0.5, 0.6) is 0 Å². The van der Waals surface area contributed by atoms with Crippen molar-refractivity contribution in [1.82, 2.24) is 4.57 Å². The standard InChI is InChI=1S/C19H18N4O5S2/c1-2-11-22-16-9-8-15(30(20,27)28)12-17(16)29-19(22)21-18(24)10-5-13-3-6-14(7-4-13)23(25)26/h3-10,12H,2,11H2,1H3,(H2,20,27,28). The van der Waals surface area contributed by atoms with Gasteiger partial charge in [-0.25, -0.2) is 13.6 Å². The minimum atomic E-state index is -3.83. The molecule has 0 saturated carbocycles. The topological polar surface area (TPSA) is 138 Å². The van der Waals surface area contributed by atoms with E-state index in [0.29, 0.717) is 21.6 Å². The summed E-state index contributed by atoms with van der Waals surface area (Å²) < 4.78 is 25.7. The number of benzene rings is 2. The summed E-state index contributed by atoms with van der Waals surface area (Å²) in [5.41, 5.74) is 1.35. The third-order valence-electron chi connectivity index (χ3n) is 4.16. The van der Waals surface area contributed by atoms with Crippen LogP contribution in [0.4, 0.5) is 5.69 Å². The van der Waals surface area contributed by atoms with Crippen molar-refractivity contribution >= 4 is 49.2 Å². The number of non-ortho nitro benzene ring substituents is 1. The molecule has 3 rings (SSSR count). The molecular weight excluding hydrogens is 428 g/mol. The van der Waals surface area contributed by atoms with Crippen molar-refractivity contribution < 1.29 is 18.1 Å². The molecule has 2 aromatic carbocycles. The molecule has 0 fully saturated rings. The molecule has 0 aliphatic carbocycles. The molecule has 0 radical (unpaired) electrons. The second-order valence-electron chi connectivity index (χ2n) is 6.34. The summed E-state index contributed by atoms with van der Waals surface area (Å²) in [4.78, 5) is 27.1. The molecule has 0 bridgehead atoms. The Balaban J connectivity index is 1.96. The Morgan fingerprint density at radius 2 is 1.97 bits per heavy atom. The summed E-state index contributed by atoms with van der Waals surface area (Å²) >= 11 is 1.20. The lowest BCUT2D eigenvalue weighted by Crippen LogP contribution is -2.16. The van der Waals surface area contributed by atoms with Gasteiger partial charge in [0.25, 0.3) is 11.6 Å². The number of carbonyl (C=O) groups excluding carboxylic acids is 1. The predicted octanol–water partition coefficient (Wildman–Crippen LogP) is 2.81. The van der Waals surface area contributed by atoms with Gasteiger partial charge in [-0.2, -0.15) is 4.99 Å². The van der Waals surface area contributed by atoms with E-state index in [9.17, 15) is 23.3 Å². The van der Waals surface area contributed by atoms with Crippen LogP contribution < -0.4 is 9.94 Å². The summed E-state index contributed by atoms with van der Waals surface area (Å²) in [6.07, 6.45) is 3.59. The third kappa shape index (κ3) is 4.87. The van der Waals surface area contributed by atoms with E-state index in [2.05, 4.69) is 4.99 Å². The van der Waals surface area contributed by atoms with Crippen LogP contribution in [0.2, 0.25) is 0 Å². The van der Waals surface area contributed by atoms with E-state index in [1.807, 2.05) is 11.5 Å². The first-order valence-corrected chi connectivity index (χ1v) is 11.2. The number of hydrogen-bond donors (Lipinski definition) is 1. The zero-order chi connectivity index (χ0) is 21.9. The lowest BCUT2D eigenvalue weighted by atomic mass is 10.2. The van der Waals surface area contributed by atoms with E-state index >= 15 is 0 Å². The molecule has 11 heteroatoms. The van der Waals surface area contributed by atoms with Gasteiger partial charge in [0.1, 0.15) is 0 Å². The number of nitrogens with two attached hydrogens (primary N) is 1. The van der Waals surface area contributed by atoms with Crippen molar-refractivity contribution in [2.45, 2.75) is 24.8 Å². The number of amides is 1. The summed E-state index contributed by atoms with van der Waals surface area (Å²) in [5, 5.41) is 15.9. The van der Waals surface area contributed by atoms with Gasteiger partial charge < -0.3 is 4.57 Å². The van der Waals surface area contributed by atoms with E-state index in [-0.39, 0.29) is 10.6 Å². The third-order valence-corrected chi connectivity index (χ3v) is 6.11. The van der Waals surface area contributed by atoms with Gasteiger partial charge >= 0.3 is 0 Å². The smallest absolute Gasteiger partial charge is 0.272 e. The number of nitrogens with zero attached hydrogens (tertiary/aromatic N) is 3. The normalized spacial score (nSPS) is 12.7. The maximum atomic E-state index is 12.3. The SMILES string of the molecule is CCCn1c(=NC(=O)C=Cc2ccc([N+](=O)[O-])cc2)sc2cc(S(N)(=O)=O)ccc21. The van der Waals surface area contributed by atoms with Crippen molar-refractivity contribution in [2.24, 2.45) is 10.1 Å². The number of nitro groups is 1. The van der Waals surface area contributed by atoms with Crippen molar-refractivity contribution in [3.8, 4) is 0 Å². The number of aryl methyl sites for hydroxylation is 1. The van der Waals surface area contributed by atoms with Crippen molar-refractivity contribution in [2.75, 3.05) is 0 Å². The van der Waals surface area contributed by atoms with Crippen LogP contribution >= 0.6 is 11.3 Å². The molecule has 0 atom stereocenters. The number of fused-ring (bicyclic) bond motifs is 1. The number of hydrogen-bond acceptors (Lipinski definition) is 6. The molecule has 156 valence electrons. The first-order valence-electron chi connectivity index (χ1n) is 8.86. The van der Waals surface area contributed by atoms with Gasteiger partial charge in [-0.1, -0.05) is 18.3 Å².